The number of rotatable bonds is 5. The summed E-state index contributed by atoms with van der Waals surface area (Å²) in [6, 6.07) is 16.1. The van der Waals surface area contributed by atoms with Crippen LogP contribution in [0.5, 0.6) is 0 Å². The second-order valence-corrected chi connectivity index (χ2v) is 10.2. The van der Waals surface area contributed by atoms with Crippen LogP contribution in [-0.2, 0) is 23.2 Å². The van der Waals surface area contributed by atoms with E-state index in [1.54, 1.807) is 24.3 Å². The molecule has 3 aromatic carbocycles. The smallest absolute Gasteiger partial charge is 0.166 e. The molecule has 0 fully saturated rings. The Hall–Kier alpha value is -1.71. The van der Waals surface area contributed by atoms with Crippen LogP contribution >= 0.6 is 23.5 Å². The van der Waals surface area contributed by atoms with Gasteiger partial charge in [-0.05, 0) is 42.8 Å². The second-order valence-electron chi connectivity index (χ2n) is 6.41. The van der Waals surface area contributed by atoms with E-state index < -0.39 is 34.4 Å². The van der Waals surface area contributed by atoms with E-state index in [2.05, 4.69) is 0 Å². The molecule has 0 saturated carbocycles. The SMILES string of the molecule is CSc1cccc([S+](c2cccc(SC)c2)c2cc(C(F)(F)F)cc(C(F)(F)F)c2)c1. The number of hydrogen-bond donors (Lipinski definition) is 0. The summed E-state index contributed by atoms with van der Waals surface area (Å²) in [4.78, 5) is 3.02. The summed E-state index contributed by atoms with van der Waals surface area (Å²) >= 11 is 2.91. The van der Waals surface area contributed by atoms with Gasteiger partial charge in [0.15, 0.2) is 14.7 Å². The topological polar surface area (TPSA) is 0 Å². The Morgan fingerprint density at radius 2 is 1.00 bits per heavy atom. The van der Waals surface area contributed by atoms with Crippen LogP contribution < -0.4 is 0 Å². The van der Waals surface area contributed by atoms with Crippen LogP contribution in [0, 0.1) is 0 Å². The second kappa shape index (κ2) is 9.42. The molecule has 3 aromatic rings. The molecule has 0 spiro atoms. The molecular weight excluding hydrogens is 474 g/mol. The first-order valence-electron chi connectivity index (χ1n) is 8.85. The first-order chi connectivity index (χ1) is 14.5. The van der Waals surface area contributed by atoms with Gasteiger partial charge in [-0.3, -0.25) is 0 Å². The van der Waals surface area contributed by atoms with Crippen molar-refractivity contribution in [1.29, 1.82) is 0 Å². The molecule has 0 aliphatic carbocycles. The van der Waals surface area contributed by atoms with E-state index in [4.69, 9.17) is 0 Å². The minimum Gasteiger partial charge on any atom is -0.166 e. The first-order valence-corrected chi connectivity index (χ1v) is 12.5. The van der Waals surface area contributed by atoms with Crippen molar-refractivity contribution < 1.29 is 26.3 Å². The Labute approximate surface area is 187 Å². The van der Waals surface area contributed by atoms with Crippen LogP contribution in [0.25, 0.3) is 0 Å². The maximum atomic E-state index is 13.5. The molecule has 0 amide bonds. The molecule has 0 aromatic heterocycles. The zero-order valence-electron chi connectivity index (χ0n) is 16.3. The van der Waals surface area contributed by atoms with Crippen molar-refractivity contribution in [2.45, 2.75) is 36.8 Å². The van der Waals surface area contributed by atoms with E-state index in [1.165, 1.54) is 23.5 Å². The third-order valence-electron chi connectivity index (χ3n) is 4.35. The van der Waals surface area contributed by atoms with Crippen LogP contribution in [0.4, 0.5) is 26.3 Å². The standard InChI is InChI=1S/C22H17F6S3/c1-29-16-5-3-7-18(12-16)31(19-8-4-6-17(13-19)30-2)20-10-14(21(23,24)25)9-15(11-20)22(26,27)28/h3-13H,1-2H3/q+1. The molecule has 0 heterocycles. The zero-order chi connectivity index (χ0) is 22.8. The molecule has 164 valence electrons. The maximum Gasteiger partial charge on any atom is 0.416 e. The van der Waals surface area contributed by atoms with Gasteiger partial charge in [-0.2, -0.15) is 26.3 Å². The Balaban J connectivity index is 2.30. The predicted octanol–water partition coefficient (Wildman–Crippen LogP) is 8.26. The largest absolute Gasteiger partial charge is 0.416 e. The summed E-state index contributed by atoms with van der Waals surface area (Å²) in [6.07, 6.45) is -6.07. The molecule has 31 heavy (non-hydrogen) atoms. The molecule has 0 unspecified atom stereocenters. The molecule has 0 aliphatic rings. The fourth-order valence-electron chi connectivity index (χ4n) is 2.91. The van der Waals surface area contributed by atoms with E-state index in [0.29, 0.717) is 9.79 Å². The molecule has 0 N–H and O–H groups in total. The van der Waals surface area contributed by atoms with Crippen molar-refractivity contribution in [3.05, 3.63) is 77.9 Å². The highest BCUT2D eigenvalue weighted by molar-refractivity contribution is 7.99. The molecule has 0 aliphatic heterocycles. The van der Waals surface area contributed by atoms with Gasteiger partial charge < -0.3 is 0 Å². The third-order valence-corrected chi connectivity index (χ3v) is 7.96. The Bertz CT molecular complexity index is 980. The number of alkyl halides is 6. The molecule has 9 heteroatoms. The molecule has 0 atom stereocenters. The summed E-state index contributed by atoms with van der Waals surface area (Å²) in [6.45, 7) is 0. The van der Waals surface area contributed by atoms with Crippen molar-refractivity contribution in [3.63, 3.8) is 0 Å². The van der Waals surface area contributed by atoms with Gasteiger partial charge >= 0.3 is 12.4 Å². The van der Waals surface area contributed by atoms with Crippen LogP contribution in [0.3, 0.4) is 0 Å². The lowest BCUT2D eigenvalue weighted by molar-refractivity contribution is -0.143. The van der Waals surface area contributed by atoms with E-state index in [-0.39, 0.29) is 11.0 Å². The summed E-state index contributed by atoms with van der Waals surface area (Å²) in [5.41, 5.74) is -2.62. The van der Waals surface area contributed by atoms with Crippen molar-refractivity contribution in [2.75, 3.05) is 12.5 Å². The summed E-state index contributed by atoms with van der Waals surface area (Å²) < 4.78 is 80.8. The third kappa shape index (κ3) is 5.75. The van der Waals surface area contributed by atoms with Crippen LogP contribution in [0.2, 0.25) is 0 Å². The summed E-state index contributed by atoms with van der Waals surface area (Å²) in [5, 5.41) is 0. The van der Waals surface area contributed by atoms with E-state index in [0.717, 1.165) is 21.9 Å². The molecule has 0 radical (unpaired) electrons. The van der Waals surface area contributed by atoms with Gasteiger partial charge in [0, 0.05) is 34.1 Å². The lowest BCUT2D eigenvalue weighted by Gasteiger charge is -2.15. The van der Waals surface area contributed by atoms with Gasteiger partial charge in [0.2, 0.25) is 0 Å². The molecule has 0 nitrogen and oxygen atoms in total. The Morgan fingerprint density at radius 1 is 0.581 bits per heavy atom. The van der Waals surface area contributed by atoms with E-state index in [1.807, 2.05) is 36.8 Å². The van der Waals surface area contributed by atoms with Crippen LogP contribution in [0.15, 0.2) is 91.2 Å². The van der Waals surface area contributed by atoms with Gasteiger partial charge in [-0.15, -0.1) is 23.5 Å². The van der Waals surface area contributed by atoms with E-state index in [9.17, 15) is 26.3 Å². The summed E-state index contributed by atoms with van der Waals surface area (Å²) in [5.74, 6) is 0. The van der Waals surface area contributed by atoms with Crippen molar-refractivity contribution in [2.24, 2.45) is 0 Å². The molecular formula is C22H17F6S3+. The fourth-order valence-corrected chi connectivity index (χ4v) is 6.20. The first kappa shape index (κ1) is 23.9. The normalized spacial score (nSPS) is 12.4. The van der Waals surface area contributed by atoms with Crippen molar-refractivity contribution in [1.82, 2.24) is 0 Å². The highest BCUT2D eigenvalue weighted by atomic mass is 32.2. The summed E-state index contributed by atoms with van der Waals surface area (Å²) in [7, 11) is -1.16. The van der Waals surface area contributed by atoms with Crippen LogP contribution in [-0.4, -0.2) is 12.5 Å². The Morgan fingerprint density at radius 3 is 1.35 bits per heavy atom. The average Bonchev–Trinajstić information content (AvgIpc) is 2.73. The Kier molecular flexibility index (Phi) is 7.28. The predicted molar refractivity (Wildman–Crippen MR) is 115 cm³/mol. The zero-order valence-corrected chi connectivity index (χ0v) is 18.8. The fraction of sp³-hybridized carbons (Fsp3) is 0.182. The van der Waals surface area contributed by atoms with Gasteiger partial charge in [-0.25, -0.2) is 0 Å². The minimum absolute atomic E-state index is 0.0290. The van der Waals surface area contributed by atoms with Crippen molar-refractivity contribution >= 4 is 34.4 Å². The van der Waals surface area contributed by atoms with Crippen molar-refractivity contribution in [3.8, 4) is 0 Å². The number of benzene rings is 3. The number of hydrogen-bond acceptors (Lipinski definition) is 2. The molecule has 0 bridgehead atoms. The highest BCUT2D eigenvalue weighted by Gasteiger charge is 2.40. The van der Waals surface area contributed by atoms with Gasteiger partial charge in [0.1, 0.15) is 0 Å². The number of thioether (sulfide) groups is 2. The lowest BCUT2D eigenvalue weighted by atomic mass is 10.1. The van der Waals surface area contributed by atoms with Gasteiger partial charge in [0.05, 0.1) is 22.0 Å². The van der Waals surface area contributed by atoms with Crippen LogP contribution in [0.1, 0.15) is 11.1 Å². The maximum absolute atomic E-state index is 13.5. The van der Waals surface area contributed by atoms with E-state index >= 15 is 0 Å². The molecule has 3 rings (SSSR count). The number of halogens is 6. The monoisotopic (exact) mass is 491 g/mol. The average molecular weight is 492 g/mol. The van der Waals surface area contributed by atoms with Gasteiger partial charge in [-0.1, -0.05) is 12.1 Å². The minimum atomic E-state index is -4.90. The highest BCUT2D eigenvalue weighted by Crippen LogP contribution is 2.41. The quantitative estimate of drug-likeness (QED) is 0.200. The molecule has 0 saturated heterocycles. The lowest BCUT2D eigenvalue weighted by Crippen LogP contribution is -2.14. The van der Waals surface area contributed by atoms with Gasteiger partial charge in [0.25, 0.3) is 0 Å².